The molecule has 7 heteroatoms. The van der Waals surface area contributed by atoms with E-state index in [1.165, 1.54) is 12.1 Å². The minimum Gasteiger partial charge on any atom is -0.307 e. The number of pyridine rings is 1. The van der Waals surface area contributed by atoms with E-state index < -0.39 is 22.5 Å². The second-order valence-electron chi connectivity index (χ2n) is 4.71. The molecule has 3 nitrogen and oxygen atoms in total. The summed E-state index contributed by atoms with van der Waals surface area (Å²) in [6.07, 6.45) is -0.914. The molecule has 0 saturated heterocycles. The molecule has 0 radical (unpaired) electrons. The van der Waals surface area contributed by atoms with Crippen LogP contribution in [-0.4, -0.2) is 13.6 Å². The van der Waals surface area contributed by atoms with Crippen molar-refractivity contribution in [3.05, 3.63) is 66.1 Å². The largest absolute Gasteiger partial charge is 0.416 e. The highest BCUT2D eigenvalue weighted by atomic mass is 32.2. The number of halogens is 3. The fourth-order valence-corrected chi connectivity index (χ4v) is 3.15. The van der Waals surface area contributed by atoms with E-state index in [1.54, 1.807) is 22.9 Å². The van der Waals surface area contributed by atoms with Gasteiger partial charge in [0.1, 0.15) is 5.65 Å². The summed E-state index contributed by atoms with van der Waals surface area (Å²) in [6, 6.07) is 10.0. The molecule has 0 aliphatic heterocycles. The zero-order valence-electron chi connectivity index (χ0n) is 11.2. The van der Waals surface area contributed by atoms with Gasteiger partial charge in [0.2, 0.25) is 0 Å². The normalized spacial score (nSPS) is 13.4. The Morgan fingerprint density at radius 2 is 1.95 bits per heavy atom. The minimum absolute atomic E-state index is 0.0724. The van der Waals surface area contributed by atoms with E-state index >= 15 is 0 Å². The molecule has 3 aromatic rings. The Bertz CT molecular complexity index is 809. The van der Waals surface area contributed by atoms with Crippen LogP contribution in [0.4, 0.5) is 13.2 Å². The molecule has 0 aliphatic rings. The summed E-state index contributed by atoms with van der Waals surface area (Å²) in [6.45, 7) is 0. The Morgan fingerprint density at radius 3 is 2.68 bits per heavy atom. The van der Waals surface area contributed by atoms with Crippen LogP contribution in [0.25, 0.3) is 5.65 Å². The van der Waals surface area contributed by atoms with Crippen LogP contribution in [0.5, 0.6) is 0 Å². The number of hydrogen-bond acceptors (Lipinski definition) is 2. The molecule has 114 valence electrons. The minimum atomic E-state index is -4.44. The summed E-state index contributed by atoms with van der Waals surface area (Å²) in [5.41, 5.74) is 0.480. The summed E-state index contributed by atoms with van der Waals surface area (Å²) in [4.78, 5) is 4.44. The zero-order chi connectivity index (χ0) is 15.7. The van der Waals surface area contributed by atoms with Crippen molar-refractivity contribution in [1.82, 2.24) is 9.38 Å². The first kappa shape index (κ1) is 14.8. The van der Waals surface area contributed by atoms with Crippen LogP contribution in [0.3, 0.4) is 0 Å². The van der Waals surface area contributed by atoms with Crippen LogP contribution in [-0.2, 0) is 22.7 Å². The number of fused-ring (bicyclic) bond motifs is 1. The van der Waals surface area contributed by atoms with Crippen LogP contribution in [0.2, 0.25) is 0 Å². The molecular weight excluding hydrogens is 313 g/mol. The number of aromatic nitrogens is 2. The third-order valence-electron chi connectivity index (χ3n) is 3.12. The maximum atomic E-state index is 12.7. The number of benzene rings is 1. The van der Waals surface area contributed by atoms with Gasteiger partial charge < -0.3 is 4.40 Å². The number of rotatable bonds is 3. The molecule has 2 aromatic heterocycles. The molecule has 3 rings (SSSR count). The molecular formula is C15H11F3N2OS. The first-order chi connectivity index (χ1) is 10.4. The summed E-state index contributed by atoms with van der Waals surface area (Å²) in [7, 11) is -1.58. The topological polar surface area (TPSA) is 34.4 Å². The van der Waals surface area contributed by atoms with E-state index in [2.05, 4.69) is 4.98 Å². The van der Waals surface area contributed by atoms with Crippen molar-refractivity contribution in [2.75, 3.05) is 0 Å². The average Bonchev–Trinajstić information content (AvgIpc) is 2.88. The standard InChI is InChI=1S/C15H11F3N2OS/c16-15(17,18)11-4-3-5-13(8-11)22(21)10-12-9-20-7-2-1-6-14(20)19-12/h1-9H,10H2/t22-/m0/s1. The second-order valence-corrected chi connectivity index (χ2v) is 6.16. The number of imidazole rings is 1. The quantitative estimate of drug-likeness (QED) is 0.737. The SMILES string of the molecule is O=[S@@](Cc1cn2ccccc2n1)c1cccc(C(F)(F)F)c1. The van der Waals surface area contributed by atoms with Crippen molar-refractivity contribution in [2.45, 2.75) is 16.8 Å². The lowest BCUT2D eigenvalue weighted by Gasteiger charge is -2.08. The van der Waals surface area contributed by atoms with Crippen molar-refractivity contribution >= 4 is 16.4 Å². The van der Waals surface area contributed by atoms with Gasteiger partial charge in [0, 0.05) is 17.3 Å². The van der Waals surface area contributed by atoms with E-state index in [9.17, 15) is 17.4 Å². The monoisotopic (exact) mass is 324 g/mol. The highest BCUT2D eigenvalue weighted by Crippen LogP contribution is 2.30. The van der Waals surface area contributed by atoms with Gasteiger partial charge in [0.25, 0.3) is 0 Å². The van der Waals surface area contributed by atoms with Crippen molar-refractivity contribution in [3.8, 4) is 0 Å². The highest BCUT2D eigenvalue weighted by molar-refractivity contribution is 7.84. The molecule has 0 N–H and O–H groups in total. The van der Waals surface area contributed by atoms with Gasteiger partial charge >= 0.3 is 6.18 Å². The van der Waals surface area contributed by atoms with Crippen molar-refractivity contribution in [1.29, 1.82) is 0 Å². The molecule has 0 amide bonds. The molecule has 0 aliphatic carbocycles. The van der Waals surface area contributed by atoms with Gasteiger partial charge in [-0.25, -0.2) is 4.98 Å². The Hall–Kier alpha value is -2.15. The molecule has 0 saturated carbocycles. The molecule has 0 spiro atoms. The first-order valence-electron chi connectivity index (χ1n) is 6.42. The maximum absolute atomic E-state index is 12.7. The van der Waals surface area contributed by atoms with Crippen molar-refractivity contribution in [3.63, 3.8) is 0 Å². The molecule has 0 fully saturated rings. The predicted molar refractivity (Wildman–Crippen MR) is 76.7 cm³/mol. The number of nitrogens with zero attached hydrogens (tertiary/aromatic N) is 2. The summed E-state index contributed by atoms with van der Waals surface area (Å²) < 4.78 is 52.1. The molecule has 0 unspecified atom stereocenters. The lowest BCUT2D eigenvalue weighted by molar-refractivity contribution is -0.137. The lowest BCUT2D eigenvalue weighted by atomic mass is 10.2. The Kier molecular flexibility index (Phi) is 3.74. The fraction of sp³-hybridized carbons (Fsp3) is 0.133. The van der Waals surface area contributed by atoms with Gasteiger partial charge in [-0.3, -0.25) is 4.21 Å². The Morgan fingerprint density at radius 1 is 1.14 bits per heavy atom. The highest BCUT2D eigenvalue weighted by Gasteiger charge is 2.30. The van der Waals surface area contributed by atoms with E-state index in [0.29, 0.717) is 11.3 Å². The molecule has 1 atom stereocenters. The predicted octanol–water partition coefficient (Wildman–Crippen LogP) is 3.66. The van der Waals surface area contributed by atoms with Gasteiger partial charge in [0.15, 0.2) is 0 Å². The van der Waals surface area contributed by atoms with Crippen LogP contribution < -0.4 is 0 Å². The van der Waals surface area contributed by atoms with E-state index in [-0.39, 0.29) is 10.6 Å². The van der Waals surface area contributed by atoms with Crippen LogP contribution in [0.15, 0.2) is 59.8 Å². The lowest BCUT2D eigenvalue weighted by Crippen LogP contribution is -2.06. The second kappa shape index (κ2) is 5.57. The van der Waals surface area contributed by atoms with Gasteiger partial charge in [0.05, 0.1) is 27.8 Å². The molecule has 0 bridgehead atoms. The Balaban J connectivity index is 1.85. The van der Waals surface area contributed by atoms with Gasteiger partial charge in [-0.2, -0.15) is 13.2 Å². The van der Waals surface area contributed by atoms with E-state index in [0.717, 1.165) is 12.1 Å². The average molecular weight is 324 g/mol. The fourth-order valence-electron chi connectivity index (χ4n) is 2.09. The van der Waals surface area contributed by atoms with Crippen LogP contribution >= 0.6 is 0 Å². The van der Waals surface area contributed by atoms with Crippen molar-refractivity contribution in [2.24, 2.45) is 0 Å². The third kappa shape index (κ3) is 3.04. The smallest absolute Gasteiger partial charge is 0.307 e. The summed E-state index contributed by atoms with van der Waals surface area (Å²) in [5.74, 6) is 0.0724. The number of alkyl halides is 3. The van der Waals surface area contributed by atoms with Crippen LogP contribution in [0.1, 0.15) is 11.3 Å². The van der Waals surface area contributed by atoms with Crippen molar-refractivity contribution < 1.29 is 17.4 Å². The molecule has 2 heterocycles. The van der Waals surface area contributed by atoms with Gasteiger partial charge in [-0.15, -0.1) is 0 Å². The van der Waals surface area contributed by atoms with E-state index in [4.69, 9.17) is 0 Å². The third-order valence-corrected chi connectivity index (χ3v) is 4.45. The molecule has 1 aromatic carbocycles. The number of hydrogen-bond donors (Lipinski definition) is 0. The maximum Gasteiger partial charge on any atom is 0.416 e. The van der Waals surface area contributed by atoms with E-state index in [1.807, 2.05) is 12.1 Å². The van der Waals surface area contributed by atoms with Crippen LogP contribution in [0, 0.1) is 0 Å². The summed E-state index contributed by atoms with van der Waals surface area (Å²) in [5, 5.41) is 0. The molecule has 22 heavy (non-hydrogen) atoms. The summed E-state index contributed by atoms with van der Waals surface area (Å²) >= 11 is 0. The first-order valence-corrected chi connectivity index (χ1v) is 7.73. The zero-order valence-corrected chi connectivity index (χ0v) is 12.1. The van der Waals surface area contributed by atoms with Gasteiger partial charge in [-0.1, -0.05) is 12.1 Å². The van der Waals surface area contributed by atoms with Gasteiger partial charge in [-0.05, 0) is 30.3 Å². The Labute approximate surface area is 126 Å².